The molecule has 6 aliphatic carbocycles. The summed E-state index contributed by atoms with van der Waals surface area (Å²) < 4.78 is 26.1. The van der Waals surface area contributed by atoms with E-state index in [0.29, 0.717) is 22.7 Å². The Morgan fingerprint density at radius 3 is 1.35 bits per heavy atom. The summed E-state index contributed by atoms with van der Waals surface area (Å²) in [7, 11) is -0.745. The minimum absolute atomic E-state index is 0.189. The lowest BCUT2D eigenvalue weighted by atomic mass is 9.43. The Bertz CT molecular complexity index is 612. The molecule has 0 amide bonds. The maximum absolute atomic E-state index is 6.60. The van der Waals surface area contributed by atoms with Gasteiger partial charge in [-0.25, -0.2) is 0 Å². The van der Waals surface area contributed by atoms with E-state index in [1.165, 1.54) is 12.8 Å². The minimum Gasteiger partial charge on any atom is -0.407 e. The average Bonchev–Trinajstić information content (AvgIpc) is 3.09. The summed E-state index contributed by atoms with van der Waals surface area (Å²) in [5, 5.41) is 0. The second-order valence-electron chi connectivity index (χ2n) is 11.7. The van der Waals surface area contributed by atoms with E-state index in [1.807, 2.05) is 0 Å². The van der Waals surface area contributed by atoms with E-state index in [1.54, 1.807) is 0 Å². The number of rotatable bonds is 1. The largest absolute Gasteiger partial charge is 0.488 e. The first-order chi connectivity index (χ1) is 12.1. The monoisotopic (exact) mass is 358 g/mol. The molecule has 8 fully saturated rings. The first-order valence-electron chi connectivity index (χ1n) is 10.7. The van der Waals surface area contributed by atoms with Crippen LogP contribution in [0.1, 0.15) is 67.2 Å². The van der Waals surface area contributed by atoms with Gasteiger partial charge in [0.05, 0.1) is 23.4 Å². The average molecular weight is 358 g/mol. The molecule has 0 aromatic rings. The molecule has 6 heteroatoms. The standard InChI is InChI=1S/C20H32B2O4/c1-17(2)11-7-13(17)19(5)15(9-11)23-21(25-19)22-24-16-10-12-8-14(18(12,3)4)20(16,6)26-22/h11-16H,7-10H2,1-6H3/t11-,12-,13-,14-,15-,16-,19-,20-/m1/s1. The smallest absolute Gasteiger partial charge is 0.407 e. The van der Waals surface area contributed by atoms with Crippen molar-refractivity contribution in [1.82, 2.24) is 0 Å². The van der Waals surface area contributed by atoms with Gasteiger partial charge < -0.3 is 18.6 Å². The van der Waals surface area contributed by atoms with E-state index in [-0.39, 0.29) is 37.4 Å². The van der Waals surface area contributed by atoms with Crippen LogP contribution in [-0.2, 0) is 18.6 Å². The normalized spacial score (nSPS) is 57.9. The molecule has 0 spiro atoms. The van der Waals surface area contributed by atoms with Gasteiger partial charge in [0.15, 0.2) is 0 Å². The zero-order chi connectivity index (χ0) is 18.3. The number of hydrogen-bond donors (Lipinski definition) is 0. The number of hydrogen-bond acceptors (Lipinski definition) is 4. The summed E-state index contributed by atoms with van der Waals surface area (Å²) in [6.45, 7) is 14.1. The summed E-state index contributed by atoms with van der Waals surface area (Å²) in [5.74, 6) is 2.70. The van der Waals surface area contributed by atoms with E-state index in [9.17, 15) is 0 Å². The quantitative estimate of drug-likeness (QED) is 0.673. The highest BCUT2D eigenvalue weighted by molar-refractivity contribution is 7.11. The maximum atomic E-state index is 6.60. The molecule has 0 unspecified atom stereocenters. The van der Waals surface area contributed by atoms with Crippen molar-refractivity contribution in [1.29, 1.82) is 0 Å². The predicted octanol–water partition coefficient (Wildman–Crippen LogP) is 3.52. The van der Waals surface area contributed by atoms with Crippen LogP contribution in [-0.4, -0.2) is 37.4 Å². The van der Waals surface area contributed by atoms with Crippen molar-refractivity contribution in [3.63, 3.8) is 0 Å². The van der Waals surface area contributed by atoms with E-state index in [4.69, 9.17) is 18.6 Å². The van der Waals surface area contributed by atoms with E-state index in [2.05, 4.69) is 41.5 Å². The third kappa shape index (κ3) is 1.71. The fourth-order valence-corrected chi connectivity index (χ4v) is 8.03. The van der Waals surface area contributed by atoms with Gasteiger partial charge in [-0.3, -0.25) is 0 Å². The van der Waals surface area contributed by atoms with Crippen LogP contribution in [0.5, 0.6) is 0 Å². The third-order valence-corrected chi connectivity index (χ3v) is 10.2. The molecule has 8 atom stereocenters. The summed E-state index contributed by atoms with van der Waals surface area (Å²) in [6, 6.07) is 0. The van der Waals surface area contributed by atoms with E-state index >= 15 is 0 Å². The molecular weight excluding hydrogens is 326 g/mol. The van der Waals surface area contributed by atoms with Crippen molar-refractivity contribution in [2.24, 2.45) is 34.5 Å². The van der Waals surface area contributed by atoms with Crippen LogP contribution in [0.2, 0.25) is 0 Å². The van der Waals surface area contributed by atoms with E-state index < -0.39 is 0 Å². The van der Waals surface area contributed by atoms with Gasteiger partial charge in [-0.05, 0) is 74.0 Å². The molecule has 2 heterocycles. The molecule has 6 saturated carbocycles. The molecule has 0 N–H and O–H groups in total. The lowest BCUT2D eigenvalue weighted by Gasteiger charge is -2.64. The van der Waals surface area contributed by atoms with Crippen molar-refractivity contribution in [3.05, 3.63) is 0 Å². The molecule has 4 bridgehead atoms. The topological polar surface area (TPSA) is 36.9 Å². The van der Waals surface area contributed by atoms with Gasteiger partial charge in [0, 0.05) is 0 Å². The Kier molecular flexibility index (Phi) is 2.97. The van der Waals surface area contributed by atoms with E-state index in [0.717, 1.165) is 24.7 Å². The maximum Gasteiger partial charge on any atom is 0.488 e. The second-order valence-corrected chi connectivity index (χ2v) is 11.7. The SMILES string of the molecule is CC1(C)[C@@H]2C[C@H]1[C@@]1(C)OB(B3O[C@@H]4C[C@H]5C[C@H](C5(C)C)[C@@]4(C)O3)O[C@@H]1C2. The molecular formula is C20H32B2O4. The lowest BCUT2D eigenvalue weighted by molar-refractivity contribution is -0.200. The molecule has 4 nitrogen and oxygen atoms in total. The molecule has 142 valence electrons. The van der Waals surface area contributed by atoms with Crippen molar-refractivity contribution in [2.75, 3.05) is 0 Å². The fourth-order valence-electron chi connectivity index (χ4n) is 8.03. The molecule has 0 aromatic carbocycles. The summed E-state index contributed by atoms with van der Waals surface area (Å²) >= 11 is 0. The Hall–Kier alpha value is -0.0301. The van der Waals surface area contributed by atoms with Gasteiger partial charge in [-0.1, -0.05) is 27.7 Å². The van der Waals surface area contributed by atoms with Gasteiger partial charge in [0.25, 0.3) is 0 Å². The molecule has 26 heavy (non-hydrogen) atoms. The highest BCUT2D eigenvalue weighted by Gasteiger charge is 2.73. The van der Waals surface area contributed by atoms with Crippen molar-refractivity contribution in [3.8, 4) is 0 Å². The van der Waals surface area contributed by atoms with Crippen molar-refractivity contribution >= 4 is 14.0 Å². The fraction of sp³-hybridized carbons (Fsp3) is 1.00. The van der Waals surface area contributed by atoms with Gasteiger partial charge in [0.2, 0.25) is 0 Å². The first-order valence-corrected chi connectivity index (χ1v) is 10.7. The molecule has 0 aromatic heterocycles. The van der Waals surface area contributed by atoms with Crippen LogP contribution >= 0.6 is 0 Å². The summed E-state index contributed by atoms with van der Waals surface area (Å²) in [6.07, 6.45) is 5.17. The van der Waals surface area contributed by atoms with Gasteiger partial charge in [-0.15, -0.1) is 0 Å². The van der Waals surface area contributed by atoms with Crippen LogP contribution in [0.4, 0.5) is 0 Å². The summed E-state index contributed by atoms with van der Waals surface area (Å²) in [5.41, 5.74) is 0.357. The van der Waals surface area contributed by atoms with Crippen molar-refractivity contribution < 1.29 is 18.6 Å². The highest BCUT2D eigenvalue weighted by Crippen LogP contribution is 2.67. The Morgan fingerprint density at radius 1 is 0.615 bits per heavy atom. The van der Waals surface area contributed by atoms with Crippen LogP contribution < -0.4 is 0 Å². The summed E-state index contributed by atoms with van der Waals surface area (Å²) in [4.78, 5) is 0. The predicted molar refractivity (Wildman–Crippen MR) is 100 cm³/mol. The van der Waals surface area contributed by atoms with Crippen LogP contribution in [0.3, 0.4) is 0 Å². The van der Waals surface area contributed by atoms with Crippen molar-refractivity contribution in [2.45, 2.75) is 90.6 Å². The van der Waals surface area contributed by atoms with Crippen LogP contribution in [0.15, 0.2) is 0 Å². The molecule has 2 aliphatic heterocycles. The molecule has 8 rings (SSSR count). The molecule has 0 radical (unpaired) electrons. The highest BCUT2D eigenvalue weighted by atomic mass is 16.7. The van der Waals surface area contributed by atoms with Gasteiger partial charge in [-0.2, -0.15) is 0 Å². The Morgan fingerprint density at radius 2 is 1.00 bits per heavy atom. The van der Waals surface area contributed by atoms with Gasteiger partial charge >= 0.3 is 14.0 Å². The van der Waals surface area contributed by atoms with Gasteiger partial charge in [0.1, 0.15) is 0 Å². The Labute approximate surface area is 158 Å². The Balaban J connectivity index is 1.24. The minimum atomic E-state index is -0.372. The van der Waals surface area contributed by atoms with Crippen LogP contribution in [0, 0.1) is 34.5 Å². The second kappa shape index (κ2) is 4.58. The molecule has 2 saturated heterocycles. The lowest BCUT2D eigenvalue weighted by Crippen LogP contribution is -2.65. The zero-order valence-electron chi connectivity index (χ0n) is 17.1. The zero-order valence-corrected chi connectivity index (χ0v) is 17.1. The third-order valence-electron chi connectivity index (χ3n) is 10.2. The first kappa shape index (κ1) is 16.9. The molecule has 8 aliphatic rings. The van der Waals surface area contributed by atoms with Crippen LogP contribution in [0.25, 0.3) is 0 Å².